The van der Waals surface area contributed by atoms with Crippen molar-refractivity contribution in [1.82, 2.24) is 15.6 Å². The number of nitrogens with zero attached hydrogens (tertiary/aromatic N) is 2. The Bertz CT molecular complexity index is 398. The molecule has 1 aromatic heterocycles. The first-order valence-electron chi connectivity index (χ1n) is 7.47. The van der Waals surface area contributed by atoms with Crippen LogP contribution in [0.3, 0.4) is 0 Å². The summed E-state index contributed by atoms with van der Waals surface area (Å²) in [6.07, 6.45) is 6.66. The first-order valence-corrected chi connectivity index (χ1v) is 8.29. The van der Waals surface area contributed by atoms with Gasteiger partial charge in [0.2, 0.25) is 0 Å². The van der Waals surface area contributed by atoms with Gasteiger partial charge in [-0.05, 0) is 19.3 Å². The zero-order chi connectivity index (χ0) is 14.8. The third kappa shape index (κ3) is 7.48. The van der Waals surface area contributed by atoms with Crippen molar-refractivity contribution in [3.05, 3.63) is 16.1 Å². The van der Waals surface area contributed by atoms with Crippen LogP contribution >= 0.6 is 11.3 Å². The van der Waals surface area contributed by atoms with E-state index in [-0.39, 0.29) is 0 Å². The van der Waals surface area contributed by atoms with Gasteiger partial charge in [-0.3, -0.25) is 4.99 Å². The Morgan fingerprint density at radius 3 is 2.65 bits per heavy atom. The molecule has 0 spiro atoms. The third-order valence-electron chi connectivity index (χ3n) is 3.02. The van der Waals surface area contributed by atoms with Crippen molar-refractivity contribution in [2.24, 2.45) is 10.9 Å². The maximum Gasteiger partial charge on any atom is 0.190 e. The fraction of sp³-hybridized carbons (Fsp3) is 0.733. The van der Waals surface area contributed by atoms with E-state index in [0.717, 1.165) is 31.4 Å². The van der Waals surface area contributed by atoms with E-state index < -0.39 is 0 Å². The minimum Gasteiger partial charge on any atom is -0.356 e. The number of aromatic nitrogens is 1. The highest BCUT2D eigenvalue weighted by Gasteiger charge is 2.01. The molecular weight excluding hydrogens is 268 g/mol. The van der Waals surface area contributed by atoms with Gasteiger partial charge >= 0.3 is 0 Å². The Kier molecular flexibility index (Phi) is 8.26. The summed E-state index contributed by atoms with van der Waals surface area (Å²) in [5.74, 6) is 1.69. The second kappa shape index (κ2) is 9.75. The summed E-state index contributed by atoms with van der Waals surface area (Å²) < 4.78 is 0. The Labute approximate surface area is 127 Å². The topological polar surface area (TPSA) is 49.3 Å². The smallest absolute Gasteiger partial charge is 0.190 e. The largest absolute Gasteiger partial charge is 0.356 e. The minimum absolute atomic E-state index is 0.800. The van der Waals surface area contributed by atoms with Crippen LogP contribution in [0.25, 0.3) is 0 Å². The second-order valence-corrected chi connectivity index (χ2v) is 6.75. The van der Waals surface area contributed by atoms with Crippen LogP contribution in [0, 0.1) is 12.8 Å². The van der Waals surface area contributed by atoms with Gasteiger partial charge in [0.15, 0.2) is 5.96 Å². The summed E-state index contributed by atoms with van der Waals surface area (Å²) >= 11 is 1.76. The van der Waals surface area contributed by atoms with Crippen molar-refractivity contribution in [2.45, 2.75) is 46.5 Å². The number of guanidine groups is 1. The number of hydrogen-bond acceptors (Lipinski definition) is 3. The first-order chi connectivity index (χ1) is 9.61. The Morgan fingerprint density at radius 1 is 1.30 bits per heavy atom. The molecule has 0 fully saturated rings. The molecular formula is C15H28N4S. The number of rotatable bonds is 8. The molecule has 5 heteroatoms. The quantitative estimate of drug-likeness (QED) is 0.440. The Morgan fingerprint density at radius 2 is 2.05 bits per heavy atom. The van der Waals surface area contributed by atoms with Gasteiger partial charge in [0.25, 0.3) is 0 Å². The van der Waals surface area contributed by atoms with E-state index in [2.05, 4.69) is 41.4 Å². The zero-order valence-electron chi connectivity index (χ0n) is 13.2. The van der Waals surface area contributed by atoms with E-state index in [1.54, 1.807) is 11.3 Å². The lowest BCUT2D eigenvalue weighted by molar-refractivity contribution is 0.534. The fourth-order valence-electron chi connectivity index (χ4n) is 1.91. The van der Waals surface area contributed by atoms with Crippen LogP contribution in [0.4, 0.5) is 0 Å². The Balaban J connectivity index is 2.10. The van der Waals surface area contributed by atoms with E-state index in [1.165, 1.54) is 29.1 Å². The lowest BCUT2D eigenvalue weighted by Crippen LogP contribution is -2.38. The van der Waals surface area contributed by atoms with Gasteiger partial charge in [-0.1, -0.05) is 26.7 Å². The second-order valence-electron chi connectivity index (χ2n) is 5.43. The minimum atomic E-state index is 0.800. The summed E-state index contributed by atoms with van der Waals surface area (Å²) in [5.41, 5.74) is 0. The van der Waals surface area contributed by atoms with Gasteiger partial charge in [0.1, 0.15) is 0 Å². The number of aliphatic imine (C=N–C) groups is 1. The van der Waals surface area contributed by atoms with Crippen LogP contribution < -0.4 is 10.6 Å². The summed E-state index contributed by atoms with van der Waals surface area (Å²) in [5, 5.41) is 7.87. The lowest BCUT2D eigenvalue weighted by atomic mass is 10.1. The molecule has 0 radical (unpaired) electrons. The molecule has 4 nitrogen and oxygen atoms in total. The summed E-state index contributed by atoms with van der Waals surface area (Å²) in [6.45, 7) is 8.50. The van der Waals surface area contributed by atoms with Crippen LogP contribution in [0.2, 0.25) is 0 Å². The molecule has 1 aromatic rings. The molecule has 0 unspecified atom stereocenters. The van der Waals surface area contributed by atoms with Crippen LogP contribution in [0.1, 0.15) is 43.0 Å². The van der Waals surface area contributed by atoms with Crippen LogP contribution in [-0.2, 0) is 6.42 Å². The van der Waals surface area contributed by atoms with Gasteiger partial charge < -0.3 is 10.6 Å². The van der Waals surface area contributed by atoms with Crippen molar-refractivity contribution < 1.29 is 0 Å². The van der Waals surface area contributed by atoms with Crippen LogP contribution in [-0.4, -0.2) is 31.1 Å². The normalized spacial score (nSPS) is 11.9. The van der Waals surface area contributed by atoms with Gasteiger partial charge in [-0.25, -0.2) is 4.98 Å². The van der Waals surface area contributed by atoms with Crippen molar-refractivity contribution >= 4 is 17.3 Å². The average Bonchev–Trinajstić information content (AvgIpc) is 2.81. The number of aryl methyl sites for hydroxylation is 1. The monoisotopic (exact) mass is 296 g/mol. The number of unbranched alkanes of at least 4 members (excludes halogenated alkanes) is 1. The third-order valence-corrected chi connectivity index (χ3v) is 4.00. The SMILES string of the molecule is CN=C(NCCCCC(C)C)NCCc1ncc(C)s1. The van der Waals surface area contributed by atoms with E-state index >= 15 is 0 Å². The number of nitrogens with one attached hydrogen (secondary N) is 2. The van der Waals surface area contributed by atoms with Gasteiger partial charge in [0.05, 0.1) is 5.01 Å². The molecule has 1 rings (SSSR count). The molecule has 20 heavy (non-hydrogen) atoms. The summed E-state index contributed by atoms with van der Waals surface area (Å²) in [7, 11) is 1.82. The fourth-order valence-corrected chi connectivity index (χ4v) is 2.70. The van der Waals surface area contributed by atoms with Crippen LogP contribution in [0.15, 0.2) is 11.2 Å². The molecule has 0 aliphatic carbocycles. The highest BCUT2D eigenvalue weighted by atomic mass is 32.1. The van der Waals surface area contributed by atoms with Crippen molar-refractivity contribution in [2.75, 3.05) is 20.1 Å². The average molecular weight is 296 g/mol. The Hall–Kier alpha value is -1.10. The molecule has 0 aliphatic rings. The van der Waals surface area contributed by atoms with Crippen molar-refractivity contribution in [3.8, 4) is 0 Å². The molecule has 0 bridgehead atoms. The lowest BCUT2D eigenvalue weighted by Gasteiger charge is -2.11. The zero-order valence-corrected chi connectivity index (χ0v) is 14.0. The molecule has 1 heterocycles. The predicted octanol–water partition coefficient (Wildman–Crippen LogP) is 2.99. The summed E-state index contributed by atoms with van der Waals surface area (Å²) in [4.78, 5) is 9.87. The highest BCUT2D eigenvalue weighted by molar-refractivity contribution is 7.11. The van der Waals surface area contributed by atoms with E-state index in [0.29, 0.717) is 0 Å². The molecule has 0 aromatic carbocycles. The van der Waals surface area contributed by atoms with Gasteiger partial charge in [-0.15, -0.1) is 11.3 Å². The van der Waals surface area contributed by atoms with Crippen molar-refractivity contribution in [3.63, 3.8) is 0 Å². The maximum absolute atomic E-state index is 4.36. The van der Waals surface area contributed by atoms with Gasteiger partial charge in [0, 0.05) is 37.6 Å². The van der Waals surface area contributed by atoms with Crippen LogP contribution in [0.5, 0.6) is 0 Å². The molecule has 0 saturated heterocycles. The predicted molar refractivity (Wildman–Crippen MR) is 88.6 cm³/mol. The molecule has 0 amide bonds. The molecule has 114 valence electrons. The van der Waals surface area contributed by atoms with Crippen molar-refractivity contribution in [1.29, 1.82) is 0 Å². The maximum atomic E-state index is 4.36. The van der Waals surface area contributed by atoms with E-state index in [1.807, 2.05) is 13.2 Å². The standard InChI is InChI=1S/C15H28N4S/c1-12(2)7-5-6-9-17-15(16-4)18-10-8-14-19-11-13(3)20-14/h11-12H,5-10H2,1-4H3,(H2,16,17,18). The highest BCUT2D eigenvalue weighted by Crippen LogP contribution is 2.10. The molecule has 2 N–H and O–H groups in total. The number of thiazole rings is 1. The first kappa shape index (κ1) is 17.0. The summed E-state index contributed by atoms with van der Waals surface area (Å²) in [6, 6.07) is 0. The van der Waals surface area contributed by atoms with E-state index in [9.17, 15) is 0 Å². The molecule has 0 aliphatic heterocycles. The molecule has 0 atom stereocenters. The van der Waals surface area contributed by atoms with Gasteiger partial charge in [-0.2, -0.15) is 0 Å². The van der Waals surface area contributed by atoms with E-state index in [4.69, 9.17) is 0 Å². The number of hydrogen-bond donors (Lipinski definition) is 2. The molecule has 0 saturated carbocycles.